The highest BCUT2D eigenvalue weighted by Gasteiger charge is 2.10. The Kier molecular flexibility index (Phi) is 5.71. The second-order valence-corrected chi connectivity index (χ2v) is 4.85. The zero-order chi connectivity index (χ0) is 12.6. The first-order valence-corrected chi connectivity index (χ1v) is 6.90. The van der Waals surface area contributed by atoms with Crippen LogP contribution in [0.5, 0.6) is 0 Å². The van der Waals surface area contributed by atoms with Gasteiger partial charge in [0.15, 0.2) is 0 Å². The van der Waals surface area contributed by atoms with Crippen molar-refractivity contribution >= 4 is 0 Å². The van der Waals surface area contributed by atoms with E-state index in [-0.39, 0.29) is 0 Å². The molecule has 0 atom stereocenters. The molecule has 0 aromatic carbocycles. The van der Waals surface area contributed by atoms with E-state index in [0.29, 0.717) is 6.61 Å². The summed E-state index contributed by atoms with van der Waals surface area (Å²) in [6.07, 6.45) is 5.79. The third-order valence-corrected chi connectivity index (χ3v) is 3.44. The van der Waals surface area contributed by atoms with Crippen LogP contribution in [-0.4, -0.2) is 38.2 Å². The Morgan fingerprint density at radius 1 is 1.33 bits per heavy atom. The van der Waals surface area contributed by atoms with Gasteiger partial charge in [0, 0.05) is 18.7 Å². The lowest BCUT2D eigenvalue weighted by Gasteiger charge is -2.26. The highest BCUT2D eigenvalue weighted by atomic mass is 16.5. The summed E-state index contributed by atoms with van der Waals surface area (Å²) in [6.45, 7) is 5.71. The molecule has 102 valence electrons. The van der Waals surface area contributed by atoms with Gasteiger partial charge in [-0.15, -0.1) is 0 Å². The lowest BCUT2D eigenvalue weighted by molar-refractivity contribution is 0.0759. The summed E-state index contributed by atoms with van der Waals surface area (Å²) < 4.78 is 11.1. The number of likely N-dealkylation sites (tertiary alicyclic amines) is 1. The molecule has 0 aliphatic carbocycles. The predicted octanol–water partition coefficient (Wildman–Crippen LogP) is 2.00. The van der Waals surface area contributed by atoms with Gasteiger partial charge < -0.3 is 19.4 Å². The Morgan fingerprint density at radius 3 is 2.94 bits per heavy atom. The standard InChI is InChI=1S/C14H24N2O2/c1-15-11-13-5-9-18-14(13)12-17-10-8-16-6-3-2-4-7-16/h5,9,15H,2-4,6-8,10-12H2,1H3. The molecule has 1 aromatic rings. The normalized spacial score (nSPS) is 17.2. The van der Waals surface area contributed by atoms with Crippen LogP contribution < -0.4 is 5.32 Å². The highest BCUT2D eigenvalue weighted by molar-refractivity contribution is 5.15. The van der Waals surface area contributed by atoms with Crippen molar-refractivity contribution in [3.63, 3.8) is 0 Å². The lowest BCUT2D eigenvalue weighted by atomic mass is 10.1. The van der Waals surface area contributed by atoms with E-state index in [1.165, 1.54) is 37.9 Å². The monoisotopic (exact) mass is 252 g/mol. The Balaban J connectivity index is 1.63. The lowest BCUT2D eigenvalue weighted by Crippen LogP contribution is -2.32. The van der Waals surface area contributed by atoms with E-state index in [0.717, 1.165) is 25.5 Å². The third kappa shape index (κ3) is 4.12. The number of nitrogens with zero attached hydrogens (tertiary/aromatic N) is 1. The Hall–Kier alpha value is -0.840. The van der Waals surface area contributed by atoms with Crippen molar-refractivity contribution < 1.29 is 9.15 Å². The first kappa shape index (κ1) is 13.6. The summed E-state index contributed by atoms with van der Waals surface area (Å²) in [7, 11) is 1.94. The molecule has 0 bridgehead atoms. The Morgan fingerprint density at radius 2 is 2.17 bits per heavy atom. The topological polar surface area (TPSA) is 37.6 Å². The number of furan rings is 1. The van der Waals surface area contributed by atoms with Crippen molar-refractivity contribution in [1.82, 2.24) is 10.2 Å². The van der Waals surface area contributed by atoms with Gasteiger partial charge in [-0.2, -0.15) is 0 Å². The number of rotatable bonds is 7. The molecule has 2 rings (SSSR count). The van der Waals surface area contributed by atoms with Crippen LogP contribution in [0.4, 0.5) is 0 Å². The van der Waals surface area contributed by atoms with Crippen LogP contribution in [-0.2, 0) is 17.9 Å². The van der Waals surface area contributed by atoms with Crippen molar-refractivity contribution in [1.29, 1.82) is 0 Å². The minimum atomic E-state index is 0.581. The SMILES string of the molecule is CNCc1ccoc1COCCN1CCCCC1. The van der Waals surface area contributed by atoms with Gasteiger partial charge in [-0.05, 0) is 39.0 Å². The van der Waals surface area contributed by atoms with Crippen LogP contribution in [0.2, 0.25) is 0 Å². The number of hydrogen-bond acceptors (Lipinski definition) is 4. The van der Waals surface area contributed by atoms with Crippen LogP contribution in [0, 0.1) is 0 Å². The fourth-order valence-corrected chi connectivity index (χ4v) is 2.38. The average molecular weight is 252 g/mol. The van der Waals surface area contributed by atoms with Crippen molar-refractivity contribution in [2.24, 2.45) is 0 Å². The molecule has 0 amide bonds. The molecule has 1 N–H and O–H groups in total. The zero-order valence-electron chi connectivity index (χ0n) is 11.3. The highest BCUT2D eigenvalue weighted by Crippen LogP contribution is 2.12. The molecule has 18 heavy (non-hydrogen) atoms. The molecule has 2 heterocycles. The molecule has 0 radical (unpaired) electrons. The van der Waals surface area contributed by atoms with Crippen molar-refractivity contribution in [2.75, 3.05) is 33.3 Å². The number of ether oxygens (including phenoxy) is 1. The number of piperidine rings is 1. The number of nitrogens with one attached hydrogen (secondary N) is 1. The van der Waals surface area contributed by atoms with Crippen LogP contribution in [0.25, 0.3) is 0 Å². The Bertz CT molecular complexity index is 332. The second kappa shape index (κ2) is 7.56. The average Bonchev–Trinajstić information content (AvgIpc) is 2.84. The van der Waals surface area contributed by atoms with E-state index in [2.05, 4.69) is 10.2 Å². The molecule has 1 aliphatic rings. The fraction of sp³-hybridized carbons (Fsp3) is 0.714. The predicted molar refractivity (Wildman–Crippen MR) is 71.4 cm³/mol. The van der Waals surface area contributed by atoms with E-state index < -0.39 is 0 Å². The van der Waals surface area contributed by atoms with Gasteiger partial charge in [-0.3, -0.25) is 0 Å². The maximum Gasteiger partial charge on any atom is 0.133 e. The minimum absolute atomic E-state index is 0.581. The maximum absolute atomic E-state index is 5.70. The molecule has 0 saturated carbocycles. The van der Waals surface area contributed by atoms with E-state index in [4.69, 9.17) is 9.15 Å². The summed E-state index contributed by atoms with van der Waals surface area (Å²) >= 11 is 0. The molecule has 0 spiro atoms. The van der Waals surface area contributed by atoms with Gasteiger partial charge in [0.1, 0.15) is 12.4 Å². The van der Waals surface area contributed by atoms with Crippen LogP contribution in [0.3, 0.4) is 0 Å². The molecular weight excluding hydrogens is 228 g/mol. The van der Waals surface area contributed by atoms with E-state index in [9.17, 15) is 0 Å². The van der Waals surface area contributed by atoms with Crippen molar-refractivity contribution in [3.05, 3.63) is 23.7 Å². The molecule has 4 nitrogen and oxygen atoms in total. The van der Waals surface area contributed by atoms with Crippen molar-refractivity contribution in [2.45, 2.75) is 32.4 Å². The third-order valence-electron chi connectivity index (χ3n) is 3.44. The van der Waals surface area contributed by atoms with Gasteiger partial charge in [-0.25, -0.2) is 0 Å². The van der Waals surface area contributed by atoms with Crippen LogP contribution in [0.15, 0.2) is 16.7 Å². The summed E-state index contributed by atoms with van der Waals surface area (Å²) in [4.78, 5) is 2.49. The van der Waals surface area contributed by atoms with Crippen LogP contribution >= 0.6 is 0 Å². The largest absolute Gasteiger partial charge is 0.467 e. The summed E-state index contributed by atoms with van der Waals surface area (Å²) in [5, 5.41) is 3.13. The van der Waals surface area contributed by atoms with Gasteiger partial charge in [0.2, 0.25) is 0 Å². The van der Waals surface area contributed by atoms with E-state index in [1.807, 2.05) is 13.1 Å². The smallest absolute Gasteiger partial charge is 0.133 e. The quantitative estimate of drug-likeness (QED) is 0.753. The molecular formula is C14H24N2O2. The molecule has 1 aromatic heterocycles. The Labute approximate surface area is 109 Å². The molecule has 1 fully saturated rings. The molecule has 0 unspecified atom stereocenters. The number of hydrogen-bond donors (Lipinski definition) is 1. The summed E-state index contributed by atoms with van der Waals surface area (Å²) in [5.74, 6) is 0.947. The molecule has 1 aliphatic heterocycles. The minimum Gasteiger partial charge on any atom is -0.467 e. The summed E-state index contributed by atoms with van der Waals surface area (Å²) in [6, 6.07) is 2.00. The first-order chi connectivity index (χ1) is 8.90. The van der Waals surface area contributed by atoms with Crippen LogP contribution in [0.1, 0.15) is 30.6 Å². The van der Waals surface area contributed by atoms with Gasteiger partial charge in [0.25, 0.3) is 0 Å². The zero-order valence-corrected chi connectivity index (χ0v) is 11.3. The molecule has 4 heteroatoms. The van der Waals surface area contributed by atoms with Gasteiger partial charge in [0.05, 0.1) is 12.9 Å². The van der Waals surface area contributed by atoms with Gasteiger partial charge in [-0.1, -0.05) is 6.42 Å². The fourth-order valence-electron chi connectivity index (χ4n) is 2.38. The first-order valence-electron chi connectivity index (χ1n) is 6.90. The second-order valence-electron chi connectivity index (χ2n) is 4.85. The van der Waals surface area contributed by atoms with Gasteiger partial charge >= 0.3 is 0 Å². The van der Waals surface area contributed by atoms with E-state index >= 15 is 0 Å². The summed E-state index contributed by atoms with van der Waals surface area (Å²) in [5.41, 5.74) is 1.19. The maximum atomic E-state index is 5.70. The van der Waals surface area contributed by atoms with E-state index in [1.54, 1.807) is 6.26 Å². The molecule has 1 saturated heterocycles. The van der Waals surface area contributed by atoms with Crippen molar-refractivity contribution in [3.8, 4) is 0 Å².